The van der Waals surface area contributed by atoms with E-state index in [9.17, 15) is 13.2 Å². The first-order valence-electron chi connectivity index (χ1n) is 6.05. The lowest BCUT2D eigenvalue weighted by Gasteiger charge is -2.05. The lowest BCUT2D eigenvalue weighted by molar-refractivity contribution is 0.0661. The van der Waals surface area contributed by atoms with Crippen LogP contribution in [0.15, 0.2) is 33.6 Å². The molecular weight excluding hydrogens is 296 g/mol. The van der Waals surface area contributed by atoms with Gasteiger partial charge >= 0.3 is 5.97 Å². The number of carboxylic acid groups (broad SMARTS) is 1. The fourth-order valence-electron chi connectivity index (χ4n) is 1.78. The molecule has 0 aromatic carbocycles. The van der Waals surface area contributed by atoms with Crippen molar-refractivity contribution in [3.8, 4) is 0 Å². The fourth-order valence-corrected chi connectivity index (χ4v) is 2.96. The number of nitrogens with zero attached hydrogens (tertiary/aromatic N) is 1. The largest absolute Gasteiger partial charge is 0.475 e. The van der Waals surface area contributed by atoms with E-state index in [1.807, 2.05) is 0 Å². The Kier molecular flexibility index (Phi) is 4.10. The molecule has 0 spiro atoms. The first-order chi connectivity index (χ1) is 9.79. The molecule has 0 amide bonds. The summed E-state index contributed by atoms with van der Waals surface area (Å²) in [5.41, 5.74) is 1.34. The standard InChI is InChI=1S/C13H14N2O5S/c1-8-4-3-5-10(15-8)7-14-21(18,19)12-6-11(13(16)17)20-9(12)2/h3-6,14H,7H2,1-2H3,(H,16,17). The van der Waals surface area contributed by atoms with Gasteiger partial charge in [0, 0.05) is 11.8 Å². The molecule has 0 saturated carbocycles. The molecule has 0 aliphatic rings. The first kappa shape index (κ1) is 15.2. The quantitative estimate of drug-likeness (QED) is 0.865. The molecule has 2 aromatic heterocycles. The molecule has 0 aliphatic heterocycles. The van der Waals surface area contributed by atoms with Crippen LogP contribution in [0.5, 0.6) is 0 Å². The van der Waals surface area contributed by atoms with Crippen molar-refractivity contribution in [3.63, 3.8) is 0 Å². The topological polar surface area (TPSA) is 110 Å². The van der Waals surface area contributed by atoms with Gasteiger partial charge in [-0.1, -0.05) is 6.07 Å². The van der Waals surface area contributed by atoms with Crippen LogP contribution < -0.4 is 4.72 Å². The molecular formula is C13H14N2O5S. The van der Waals surface area contributed by atoms with Gasteiger partial charge in [0.1, 0.15) is 10.7 Å². The minimum atomic E-state index is -3.86. The summed E-state index contributed by atoms with van der Waals surface area (Å²) >= 11 is 0. The second-order valence-electron chi connectivity index (χ2n) is 4.43. The van der Waals surface area contributed by atoms with Crippen LogP contribution in [0.4, 0.5) is 0 Å². The Morgan fingerprint density at radius 3 is 2.67 bits per heavy atom. The summed E-state index contributed by atoms with van der Waals surface area (Å²) in [5.74, 6) is -1.71. The maximum absolute atomic E-state index is 12.2. The van der Waals surface area contributed by atoms with Gasteiger partial charge in [0.2, 0.25) is 15.8 Å². The van der Waals surface area contributed by atoms with Crippen LogP contribution >= 0.6 is 0 Å². The Bertz CT molecular complexity index is 780. The minimum Gasteiger partial charge on any atom is -0.475 e. The van der Waals surface area contributed by atoms with E-state index in [1.54, 1.807) is 25.1 Å². The Morgan fingerprint density at radius 1 is 1.38 bits per heavy atom. The second-order valence-corrected chi connectivity index (χ2v) is 6.17. The van der Waals surface area contributed by atoms with Crippen LogP contribution in [0.2, 0.25) is 0 Å². The van der Waals surface area contributed by atoms with Gasteiger partial charge in [-0.15, -0.1) is 0 Å². The third-order valence-corrected chi connectivity index (χ3v) is 4.27. The number of carboxylic acids is 1. The van der Waals surface area contributed by atoms with Crippen LogP contribution in [0.1, 0.15) is 27.7 Å². The fraction of sp³-hybridized carbons (Fsp3) is 0.231. The van der Waals surface area contributed by atoms with Crippen LogP contribution in [-0.4, -0.2) is 24.5 Å². The lowest BCUT2D eigenvalue weighted by atomic mass is 10.3. The van der Waals surface area contributed by atoms with Crippen LogP contribution in [0, 0.1) is 13.8 Å². The Morgan fingerprint density at radius 2 is 2.10 bits per heavy atom. The third-order valence-electron chi connectivity index (χ3n) is 2.76. The number of aromatic nitrogens is 1. The van der Waals surface area contributed by atoms with Crippen LogP contribution in [0.3, 0.4) is 0 Å². The van der Waals surface area contributed by atoms with Gasteiger partial charge < -0.3 is 9.52 Å². The number of nitrogens with one attached hydrogen (secondary N) is 1. The van der Waals surface area contributed by atoms with Crippen molar-refractivity contribution in [3.05, 3.63) is 47.2 Å². The van der Waals surface area contributed by atoms with Gasteiger partial charge in [-0.05, 0) is 26.0 Å². The number of hydrogen-bond acceptors (Lipinski definition) is 5. The van der Waals surface area contributed by atoms with Crippen LogP contribution in [-0.2, 0) is 16.6 Å². The Labute approximate surface area is 121 Å². The van der Waals surface area contributed by atoms with Gasteiger partial charge in [0.25, 0.3) is 0 Å². The van der Waals surface area contributed by atoms with Gasteiger partial charge in [-0.25, -0.2) is 17.9 Å². The van der Waals surface area contributed by atoms with E-state index in [2.05, 4.69) is 9.71 Å². The molecule has 0 radical (unpaired) electrons. The van der Waals surface area contributed by atoms with Crippen molar-refractivity contribution in [1.29, 1.82) is 0 Å². The van der Waals surface area contributed by atoms with Crippen LogP contribution in [0.25, 0.3) is 0 Å². The van der Waals surface area contributed by atoms with E-state index < -0.39 is 21.8 Å². The zero-order chi connectivity index (χ0) is 15.6. The van der Waals surface area contributed by atoms with E-state index in [1.165, 1.54) is 6.92 Å². The number of aryl methyl sites for hydroxylation is 2. The van der Waals surface area contributed by atoms with Crippen molar-refractivity contribution in [2.75, 3.05) is 0 Å². The molecule has 0 atom stereocenters. The Hall–Kier alpha value is -2.19. The van der Waals surface area contributed by atoms with E-state index in [-0.39, 0.29) is 17.2 Å². The minimum absolute atomic E-state index is 0.0110. The van der Waals surface area contributed by atoms with Crippen molar-refractivity contribution in [2.45, 2.75) is 25.3 Å². The van der Waals surface area contributed by atoms with E-state index in [0.29, 0.717) is 5.69 Å². The molecule has 0 unspecified atom stereocenters. The smallest absolute Gasteiger partial charge is 0.371 e. The summed E-state index contributed by atoms with van der Waals surface area (Å²) in [7, 11) is -3.86. The molecule has 0 fully saturated rings. The SMILES string of the molecule is Cc1cccc(CNS(=O)(=O)c2cc(C(=O)O)oc2C)n1. The Balaban J connectivity index is 2.21. The van der Waals surface area contributed by atoms with Gasteiger partial charge in [-0.3, -0.25) is 4.98 Å². The summed E-state index contributed by atoms with van der Waals surface area (Å²) in [4.78, 5) is 14.8. The van der Waals surface area contributed by atoms with E-state index in [0.717, 1.165) is 11.8 Å². The molecule has 0 saturated heterocycles. The van der Waals surface area contributed by atoms with Crippen molar-refractivity contribution in [1.82, 2.24) is 9.71 Å². The predicted octanol–water partition coefficient (Wildman–Crippen LogP) is 1.47. The summed E-state index contributed by atoms with van der Waals surface area (Å²) in [6.45, 7) is 3.21. The highest BCUT2D eigenvalue weighted by Crippen LogP contribution is 2.20. The van der Waals surface area contributed by atoms with Crippen molar-refractivity contribution < 1.29 is 22.7 Å². The molecule has 21 heavy (non-hydrogen) atoms. The van der Waals surface area contributed by atoms with Crippen molar-refractivity contribution in [2.24, 2.45) is 0 Å². The number of carbonyl (C=O) groups is 1. The highest BCUT2D eigenvalue weighted by Gasteiger charge is 2.23. The highest BCUT2D eigenvalue weighted by molar-refractivity contribution is 7.89. The van der Waals surface area contributed by atoms with Gasteiger partial charge in [0.05, 0.1) is 12.2 Å². The maximum atomic E-state index is 12.2. The van der Waals surface area contributed by atoms with Gasteiger partial charge in [0.15, 0.2) is 0 Å². The third kappa shape index (κ3) is 3.47. The molecule has 112 valence electrons. The maximum Gasteiger partial charge on any atom is 0.371 e. The molecule has 8 heteroatoms. The molecule has 0 aliphatic carbocycles. The second kappa shape index (κ2) is 5.66. The molecule has 2 heterocycles. The number of pyridine rings is 1. The molecule has 2 rings (SSSR count). The summed E-state index contributed by atoms with van der Waals surface area (Å²) < 4.78 is 31.6. The van der Waals surface area contributed by atoms with Crippen molar-refractivity contribution >= 4 is 16.0 Å². The summed E-state index contributed by atoms with van der Waals surface area (Å²) in [5, 5.41) is 8.81. The molecule has 2 aromatic rings. The number of rotatable bonds is 5. The molecule has 0 bridgehead atoms. The number of sulfonamides is 1. The summed E-state index contributed by atoms with van der Waals surface area (Å²) in [6.07, 6.45) is 0. The molecule has 7 nitrogen and oxygen atoms in total. The average molecular weight is 310 g/mol. The number of hydrogen-bond donors (Lipinski definition) is 2. The predicted molar refractivity (Wildman–Crippen MR) is 73.4 cm³/mol. The van der Waals surface area contributed by atoms with E-state index in [4.69, 9.17) is 9.52 Å². The summed E-state index contributed by atoms with van der Waals surface area (Å²) in [6, 6.07) is 6.26. The highest BCUT2D eigenvalue weighted by atomic mass is 32.2. The average Bonchev–Trinajstić information content (AvgIpc) is 2.80. The monoisotopic (exact) mass is 310 g/mol. The lowest BCUT2D eigenvalue weighted by Crippen LogP contribution is -2.24. The normalized spacial score (nSPS) is 11.5. The molecule has 2 N–H and O–H groups in total. The first-order valence-corrected chi connectivity index (χ1v) is 7.54. The number of aromatic carboxylic acids is 1. The zero-order valence-corrected chi connectivity index (χ0v) is 12.3. The number of furan rings is 1. The van der Waals surface area contributed by atoms with E-state index >= 15 is 0 Å². The zero-order valence-electron chi connectivity index (χ0n) is 11.5. The van der Waals surface area contributed by atoms with Gasteiger partial charge in [-0.2, -0.15) is 0 Å².